The molecule has 2 fully saturated rings. The molecule has 2 aliphatic rings. The summed E-state index contributed by atoms with van der Waals surface area (Å²) in [5, 5.41) is 3.34. The summed E-state index contributed by atoms with van der Waals surface area (Å²) in [7, 11) is -3.73. The highest BCUT2D eigenvalue weighted by Gasteiger charge is 2.35. The van der Waals surface area contributed by atoms with Crippen LogP contribution in [0.15, 0.2) is 47.4 Å². The molecule has 0 saturated carbocycles. The van der Waals surface area contributed by atoms with E-state index in [2.05, 4.69) is 5.32 Å². The highest BCUT2D eigenvalue weighted by atomic mass is 35.5. The molecule has 1 unspecified atom stereocenters. The first-order valence-corrected chi connectivity index (χ1v) is 12.1. The van der Waals surface area contributed by atoms with E-state index in [0.29, 0.717) is 29.5 Å². The third-order valence-electron chi connectivity index (χ3n) is 5.50. The van der Waals surface area contributed by atoms with Crippen molar-refractivity contribution in [2.75, 3.05) is 29.9 Å². The molecule has 2 aliphatic heterocycles. The van der Waals surface area contributed by atoms with Crippen molar-refractivity contribution in [2.24, 2.45) is 5.92 Å². The number of carbonyl (C=O) groups excluding carboxylic acids is 2. The van der Waals surface area contributed by atoms with Gasteiger partial charge in [-0.1, -0.05) is 29.3 Å². The first-order valence-electron chi connectivity index (χ1n) is 9.92. The summed E-state index contributed by atoms with van der Waals surface area (Å²) in [6.07, 6.45) is 1.68. The third-order valence-corrected chi connectivity index (χ3v) is 8.11. The molecule has 7 nitrogen and oxygen atoms in total. The van der Waals surface area contributed by atoms with Crippen molar-refractivity contribution < 1.29 is 18.0 Å². The lowest BCUT2D eigenvalue weighted by molar-refractivity contribution is -0.122. The van der Waals surface area contributed by atoms with Gasteiger partial charge in [0.2, 0.25) is 21.8 Å². The average Bonchev–Trinajstić information content (AvgIpc) is 3.40. The highest BCUT2D eigenvalue weighted by Crippen LogP contribution is 2.31. The number of hydrogen-bond donors (Lipinski definition) is 1. The number of hydrogen-bond acceptors (Lipinski definition) is 4. The average molecular weight is 482 g/mol. The second-order valence-electron chi connectivity index (χ2n) is 7.63. The van der Waals surface area contributed by atoms with Crippen LogP contribution in [0.4, 0.5) is 11.4 Å². The van der Waals surface area contributed by atoms with Crippen molar-refractivity contribution in [1.29, 1.82) is 0 Å². The fourth-order valence-electron chi connectivity index (χ4n) is 3.87. The number of amides is 2. The maximum atomic E-state index is 12.9. The zero-order chi connectivity index (χ0) is 22.2. The molecule has 0 aliphatic carbocycles. The Bertz CT molecular complexity index is 1130. The molecule has 2 aromatic rings. The van der Waals surface area contributed by atoms with Crippen molar-refractivity contribution in [2.45, 2.75) is 24.2 Å². The monoisotopic (exact) mass is 481 g/mol. The van der Waals surface area contributed by atoms with E-state index in [-0.39, 0.29) is 34.7 Å². The molecular weight excluding hydrogens is 461 g/mol. The van der Waals surface area contributed by atoms with Crippen LogP contribution in [-0.2, 0) is 19.6 Å². The van der Waals surface area contributed by atoms with Gasteiger partial charge in [0.25, 0.3) is 0 Å². The second kappa shape index (κ2) is 8.78. The van der Waals surface area contributed by atoms with Gasteiger partial charge in [-0.2, -0.15) is 4.31 Å². The lowest BCUT2D eigenvalue weighted by Crippen LogP contribution is -2.29. The van der Waals surface area contributed by atoms with Crippen molar-refractivity contribution in [3.63, 3.8) is 0 Å². The molecule has 31 heavy (non-hydrogen) atoms. The van der Waals surface area contributed by atoms with Crippen LogP contribution in [-0.4, -0.2) is 44.2 Å². The predicted octanol–water partition coefficient (Wildman–Crippen LogP) is 3.77. The second-order valence-corrected chi connectivity index (χ2v) is 10.4. The van der Waals surface area contributed by atoms with E-state index in [9.17, 15) is 18.0 Å². The Morgan fingerprint density at radius 1 is 1.06 bits per heavy atom. The lowest BCUT2D eigenvalue weighted by Gasteiger charge is -2.18. The van der Waals surface area contributed by atoms with Crippen LogP contribution in [0.3, 0.4) is 0 Å². The Balaban J connectivity index is 1.50. The van der Waals surface area contributed by atoms with Gasteiger partial charge in [0, 0.05) is 42.5 Å². The fraction of sp³-hybridized carbons (Fsp3) is 0.333. The minimum Gasteiger partial charge on any atom is -0.326 e. The van der Waals surface area contributed by atoms with Crippen LogP contribution in [0.1, 0.15) is 19.3 Å². The lowest BCUT2D eigenvalue weighted by atomic mass is 10.1. The van der Waals surface area contributed by atoms with Gasteiger partial charge in [-0.15, -0.1) is 0 Å². The van der Waals surface area contributed by atoms with Crippen molar-refractivity contribution in [3.8, 4) is 0 Å². The first-order chi connectivity index (χ1) is 14.8. The minimum absolute atomic E-state index is 0.0306. The Labute approximate surface area is 191 Å². The number of anilines is 2. The molecule has 2 saturated heterocycles. The zero-order valence-corrected chi connectivity index (χ0v) is 18.9. The molecule has 2 aromatic carbocycles. The van der Waals surface area contributed by atoms with Gasteiger partial charge >= 0.3 is 0 Å². The largest absolute Gasteiger partial charge is 0.326 e. The van der Waals surface area contributed by atoms with Gasteiger partial charge in [-0.05, 0) is 49.2 Å². The Kier molecular flexibility index (Phi) is 6.25. The number of carbonyl (C=O) groups is 2. The van der Waals surface area contributed by atoms with Gasteiger partial charge in [0.1, 0.15) is 4.90 Å². The number of benzene rings is 2. The van der Waals surface area contributed by atoms with Gasteiger partial charge < -0.3 is 10.2 Å². The molecule has 2 amide bonds. The Morgan fingerprint density at radius 3 is 2.52 bits per heavy atom. The molecule has 0 aromatic heterocycles. The summed E-state index contributed by atoms with van der Waals surface area (Å²) >= 11 is 12.2. The Morgan fingerprint density at radius 2 is 1.81 bits per heavy atom. The van der Waals surface area contributed by atoms with E-state index >= 15 is 0 Å². The van der Waals surface area contributed by atoms with Gasteiger partial charge in [0.15, 0.2) is 0 Å². The van der Waals surface area contributed by atoms with E-state index in [0.717, 1.165) is 12.8 Å². The summed E-state index contributed by atoms with van der Waals surface area (Å²) in [5.41, 5.74) is 0.958. The number of nitrogens with one attached hydrogen (secondary N) is 1. The number of rotatable bonds is 5. The Hall–Kier alpha value is -2.13. The van der Waals surface area contributed by atoms with E-state index in [1.165, 1.54) is 21.3 Å². The zero-order valence-electron chi connectivity index (χ0n) is 16.6. The molecule has 1 atom stereocenters. The van der Waals surface area contributed by atoms with Gasteiger partial charge in [0.05, 0.1) is 10.9 Å². The van der Waals surface area contributed by atoms with E-state index in [1.54, 1.807) is 30.3 Å². The van der Waals surface area contributed by atoms with Crippen molar-refractivity contribution in [3.05, 3.63) is 52.5 Å². The summed E-state index contributed by atoms with van der Waals surface area (Å²) in [4.78, 5) is 26.7. The summed E-state index contributed by atoms with van der Waals surface area (Å²) in [6.45, 7) is 1.13. The summed E-state index contributed by atoms with van der Waals surface area (Å²) in [6, 6.07) is 11.3. The summed E-state index contributed by atoms with van der Waals surface area (Å²) in [5.74, 6) is -1.10. The summed E-state index contributed by atoms with van der Waals surface area (Å²) < 4.78 is 27.2. The van der Waals surface area contributed by atoms with Crippen LogP contribution in [0.5, 0.6) is 0 Å². The van der Waals surface area contributed by atoms with Crippen LogP contribution < -0.4 is 10.2 Å². The SMILES string of the molecule is O=C(Nc1ccc(Cl)c(S(=O)(=O)N2CCCC2)c1)C1CC(=O)N(c2cccc(Cl)c2)C1. The minimum atomic E-state index is -3.73. The molecule has 1 N–H and O–H groups in total. The molecule has 164 valence electrons. The van der Waals surface area contributed by atoms with Crippen LogP contribution in [0.25, 0.3) is 0 Å². The van der Waals surface area contributed by atoms with Crippen LogP contribution >= 0.6 is 23.2 Å². The normalized spacial score (nSPS) is 19.7. The van der Waals surface area contributed by atoms with Gasteiger partial charge in [-0.25, -0.2) is 8.42 Å². The van der Waals surface area contributed by atoms with Crippen LogP contribution in [0.2, 0.25) is 10.0 Å². The first kappa shape index (κ1) is 22.1. The quantitative estimate of drug-likeness (QED) is 0.703. The standard InChI is InChI=1S/C21H21Cl2N3O4S/c22-15-4-3-5-17(11-15)26-13-14(10-20(26)27)21(28)24-16-6-7-18(23)19(12-16)31(29,30)25-8-1-2-9-25/h3-7,11-12,14H,1-2,8-10,13H2,(H,24,28). The molecular formula is C21H21Cl2N3O4S. The molecule has 10 heteroatoms. The van der Waals surface area contributed by atoms with E-state index in [4.69, 9.17) is 23.2 Å². The van der Waals surface area contributed by atoms with Gasteiger partial charge in [-0.3, -0.25) is 9.59 Å². The number of sulfonamides is 1. The molecule has 0 spiro atoms. The molecule has 0 radical (unpaired) electrons. The molecule has 0 bridgehead atoms. The third kappa shape index (κ3) is 4.57. The predicted molar refractivity (Wildman–Crippen MR) is 120 cm³/mol. The van der Waals surface area contributed by atoms with E-state index < -0.39 is 15.9 Å². The highest BCUT2D eigenvalue weighted by molar-refractivity contribution is 7.89. The maximum absolute atomic E-state index is 12.9. The molecule has 4 rings (SSSR count). The van der Waals surface area contributed by atoms with Crippen LogP contribution in [0, 0.1) is 5.92 Å². The molecule has 2 heterocycles. The number of halogens is 2. The van der Waals surface area contributed by atoms with Crippen molar-refractivity contribution >= 4 is 56.4 Å². The maximum Gasteiger partial charge on any atom is 0.244 e. The van der Waals surface area contributed by atoms with E-state index in [1.807, 2.05) is 0 Å². The number of nitrogens with zero attached hydrogens (tertiary/aromatic N) is 2. The fourth-order valence-corrected chi connectivity index (χ4v) is 6.07. The van der Waals surface area contributed by atoms with Crippen molar-refractivity contribution in [1.82, 2.24) is 4.31 Å². The smallest absolute Gasteiger partial charge is 0.244 e. The topological polar surface area (TPSA) is 86.8 Å².